The second-order valence-corrected chi connectivity index (χ2v) is 8.15. The number of nitrogens with one attached hydrogen (secondary N) is 2. The largest absolute Gasteiger partial charge is 0.411 e. The van der Waals surface area contributed by atoms with E-state index in [4.69, 9.17) is 0 Å². The summed E-state index contributed by atoms with van der Waals surface area (Å²) in [6.07, 6.45) is -4.39. The molecule has 0 fully saturated rings. The van der Waals surface area contributed by atoms with Crippen molar-refractivity contribution < 1.29 is 31.1 Å². The third kappa shape index (κ3) is 7.84. The summed E-state index contributed by atoms with van der Waals surface area (Å²) in [7, 11) is -2.12. The average molecular weight is 430 g/mol. The molecule has 0 atom stereocenters. The van der Waals surface area contributed by atoms with Crippen molar-refractivity contribution in [3.05, 3.63) is 70.8 Å². The van der Waals surface area contributed by atoms with Gasteiger partial charge < -0.3 is 10.1 Å². The van der Waals surface area contributed by atoms with Gasteiger partial charge in [0.25, 0.3) is 5.91 Å². The van der Waals surface area contributed by atoms with E-state index in [1.807, 2.05) is 0 Å². The van der Waals surface area contributed by atoms with Crippen molar-refractivity contribution in [2.75, 3.05) is 13.7 Å². The van der Waals surface area contributed by atoms with E-state index >= 15 is 0 Å². The van der Waals surface area contributed by atoms with Crippen LogP contribution in [0.5, 0.6) is 0 Å². The molecule has 2 aromatic carbocycles. The Morgan fingerprint density at radius 3 is 2.24 bits per heavy atom. The highest BCUT2D eigenvalue weighted by atomic mass is 32.2. The monoisotopic (exact) mass is 430 g/mol. The second-order valence-electron chi connectivity index (χ2n) is 6.22. The van der Waals surface area contributed by atoms with Crippen LogP contribution in [0.4, 0.5) is 13.2 Å². The molecule has 0 aliphatic carbocycles. The van der Waals surface area contributed by atoms with Crippen LogP contribution in [0.3, 0.4) is 0 Å². The molecule has 0 aliphatic rings. The minimum Gasteiger partial charge on any atom is -0.367 e. The molecule has 0 spiro atoms. The Balaban J connectivity index is 1.94. The number of carbonyl (C=O) groups excluding carboxylic acids is 1. The minimum absolute atomic E-state index is 0.130. The van der Waals surface area contributed by atoms with E-state index in [-0.39, 0.29) is 24.8 Å². The van der Waals surface area contributed by atoms with Crippen LogP contribution in [-0.4, -0.2) is 34.2 Å². The van der Waals surface area contributed by atoms with Crippen molar-refractivity contribution >= 4 is 15.9 Å². The number of rotatable bonds is 9. The summed E-state index contributed by atoms with van der Waals surface area (Å²) < 4.78 is 66.6. The van der Waals surface area contributed by atoms with E-state index in [9.17, 15) is 26.4 Å². The number of benzene rings is 2. The zero-order chi connectivity index (χ0) is 21.5. The van der Waals surface area contributed by atoms with Gasteiger partial charge in [-0.05, 0) is 35.9 Å². The summed E-state index contributed by atoms with van der Waals surface area (Å²) >= 11 is 0. The smallest absolute Gasteiger partial charge is 0.367 e. The van der Waals surface area contributed by atoms with Gasteiger partial charge in [0.2, 0.25) is 10.0 Å². The van der Waals surface area contributed by atoms with Gasteiger partial charge in [0.15, 0.2) is 0 Å². The molecule has 158 valence electrons. The Kier molecular flexibility index (Phi) is 7.77. The van der Waals surface area contributed by atoms with Gasteiger partial charge in [0.05, 0.1) is 12.4 Å². The molecule has 2 rings (SSSR count). The maximum Gasteiger partial charge on any atom is 0.411 e. The normalized spacial score (nSPS) is 12.0. The number of ether oxygens (including phenoxy) is 1. The van der Waals surface area contributed by atoms with Crippen molar-refractivity contribution in [1.29, 1.82) is 0 Å². The number of halogens is 3. The lowest BCUT2D eigenvalue weighted by molar-refractivity contribution is -0.176. The predicted molar refractivity (Wildman–Crippen MR) is 101 cm³/mol. The molecular formula is C19H21F3N2O4S. The molecule has 0 saturated heterocycles. The molecular weight excluding hydrogens is 409 g/mol. The molecule has 29 heavy (non-hydrogen) atoms. The number of alkyl halides is 3. The Morgan fingerprint density at radius 2 is 1.66 bits per heavy atom. The molecule has 2 aromatic rings. The molecule has 0 aliphatic heterocycles. The Hall–Kier alpha value is -2.43. The molecule has 0 heterocycles. The highest BCUT2D eigenvalue weighted by Gasteiger charge is 2.27. The molecule has 0 saturated carbocycles. The van der Waals surface area contributed by atoms with Crippen LogP contribution in [0, 0.1) is 0 Å². The summed E-state index contributed by atoms with van der Waals surface area (Å²) in [5.74, 6) is -0.596. The van der Waals surface area contributed by atoms with E-state index in [2.05, 4.69) is 14.8 Å². The van der Waals surface area contributed by atoms with Crippen LogP contribution in [-0.2, 0) is 33.7 Å². The van der Waals surface area contributed by atoms with E-state index in [0.717, 1.165) is 0 Å². The van der Waals surface area contributed by atoms with Gasteiger partial charge >= 0.3 is 6.18 Å². The van der Waals surface area contributed by atoms with E-state index in [1.54, 1.807) is 24.3 Å². The van der Waals surface area contributed by atoms with Gasteiger partial charge in [-0.15, -0.1) is 0 Å². The van der Waals surface area contributed by atoms with E-state index in [0.29, 0.717) is 22.3 Å². The van der Waals surface area contributed by atoms with Gasteiger partial charge in [-0.2, -0.15) is 13.2 Å². The average Bonchev–Trinajstić information content (AvgIpc) is 2.66. The van der Waals surface area contributed by atoms with Crippen LogP contribution in [0.1, 0.15) is 27.0 Å². The first-order valence-electron chi connectivity index (χ1n) is 8.59. The van der Waals surface area contributed by atoms with Gasteiger partial charge in [0.1, 0.15) is 6.61 Å². The van der Waals surface area contributed by atoms with Crippen molar-refractivity contribution in [1.82, 2.24) is 10.0 Å². The summed E-state index contributed by atoms with van der Waals surface area (Å²) in [6.45, 7) is -1.42. The molecule has 6 nitrogen and oxygen atoms in total. The number of carbonyl (C=O) groups is 1. The molecule has 0 unspecified atom stereocenters. The lowest BCUT2D eigenvalue weighted by Crippen LogP contribution is -2.25. The van der Waals surface area contributed by atoms with Crippen molar-refractivity contribution in [2.24, 2.45) is 0 Å². The SMILES string of the molecule is CNS(=O)(=O)Cc1ccccc1CNC(=O)c1ccc(COCC(F)(F)F)cc1. The lowest BCUT2D eigenvalue weighted by Gasteiger charge is -2.11. The summed E-state index contributed by atoms with van der Waals surface area (Å²) in [6, 6.07) is 12.8. The standard InChI is InChI=1S/C19H21F3N2O4S/c1-23-29(26,27)12-17-5-3-2-4-16(17)10-24-18(25)15-8-6-14(7-9-15)11-28-13-19(20,21)22/h2-9,23H,10-13H2,1H3,(H,24,25). The number of amides is 1. The first-order valence-corrected chi connectivity index (χ1v) is 10.2. The molecule has 0 radical (unpaired) electrons. The van der Waals surface area contributed by atoms with Gasteiger partial charge in [-0.3, -0.25) is 4.79 Å². The summed E-state index contributed by atoms with van der Waals surface area (Å²) in [5, 5.41) is 2.71. The first kappa shape index (κ1) is 22.9. The summed E-state index contributed by atoms with van der Waals surface area (Å²) in [5.41, 5.74) is 2.06. The minimum atomic E-state index is -4.39. The molecule has 1 amide bonds. The highest BCUT2D eigenvalue weighted by Crippen LogP contribution is 2.16. The third-order valence-electron chi connectivity index (χ3n) is 3.96. The van der Waals surface area contributed by atoms with Crippen LogP contribution >= 0.6 is 0 Å². The van der Waals surface area contributed by atoms with Crippen molar-refractivity contribution in [3.8, 4) is 0 Å². The van der Waals surface area contributed by atoms with Crippen molar-refractivity contribution in [2.45, 2.75) is 25.1 Å². The number of hydrogen-bond donors (Lipinski definition) is 2. The number of hydrogen-bond acceptors (Lipinski definition) is 4. The highest BCUT2D eigenvalue weighted by molar-refractivity contribution is 7.88. The number of sulfonamides is 1. The van der Waals surface area contributed by atoms with E-state index < -0.39 is 22.8 Å². The fraction of sp³-hybridized carbons (Fsp3) is 0.316. The quantitative estimate of drug-likeness (QED) is 0.641. The van der Waals surface area contributed by atoms with Crippen LogP contribution in [0.2, 0.25) is 0 Å². The zero-order valence-corrected chi connectivity index (χ0v) is 16.4. The maximum absolute atomic E-state index is 12.3. The topological polar surface area (TPSA) is 84.5 Å². The Labute approximate surface area is 167 Å². The maximum atomic E-state index is 12.3. The molecule has 10 heteroatoms. The molecule has 0 aromatic heterocycles. The third-order valence-corrected chi connectivity index (χ3v) is 5.28. The predicted octanol–water partition coefficient (Wildman–Crippen LogP) is 2.74. The molecule has 0 bridgehead atoms. The lowest BCUT2D eigenvalue weighted by atomic mass is 10.1. The molecule has 2 N–H and O–H groups in total. The van der Waals surface area contributed by atoms with E-state index in [1.165, 1.54) is 31.3 Å². The summed E-state index contributed by atoms with van der Waals surface area (Å²) in [4.78, 5) is 12.3. The fourth-order valence-electron chi connectivity index (χ4n) is 2.46. The van der Waals surface area contributed by atoms with Crippen molar-refractivity contribution in [3.63, 3.8) is 0 Å². The van der Waals surface area contributed by atoms with Gasteiger partial charge in [-0.25, -0.2) is 13.1 Å². The van der Waals surface area contributed by atoms with Gasteiger partial charge in [-0.1, -0.05) is 36.4 Å². The Bertz CT molecular complexity index is 929. The van der Waals surface area contributed by atoms with Gasteiger partial charge in [0, 0.05) is 12.1 Å². The zero-order valence-electron chi connectivity index (χ0n) is 15.6. The van der Waals surface area contributed by atoms with Crippen LogP contribution in [0.25, 0.3) is 0 Å². The fourth-order valence-corrected chi connectivity index (χ4v) is 3.30. The van der Waals surface area contributed by atoms with Crippen LogP contribution < -0.4 is 10.0 Å². The van der Waals surface area contributed by atoms with Crippen LogP contribution in [0.15, 0.2) is 48.5 Å². The second kappa shape index (κ2) is 9.86. The first-order chi connectivity index (χ1) is 13.6. The Morgan fingerprint density at radius 1 is 1.03 bits per heavy atom.